The van der Waals surface area contributed by atoms with Gasteiger partial charge in [-0.3, -0.25) is 5.57 Å². The van der Waals surface area contributed by atoms with Crippen molar-refractivity contribution in [2.45, 2.75) is 33.6 Å². The standard InChI is InChI=1S/C8H13O.Y/c1-4-5-8(9)6-7(2)3;/h4-5H2,1-3H3;/q-1;. The molecule has 0 bridgehead atoms. The third-order valence-electron chi connectivity index (χ3n) is 0.866. The van der Waals surface area contributed by atoms with Crippen LogP contribution >= 0.6 is 0 Å². The number of Topliss-reactive ketones (excluding diaryl/α,β-unsaturated/α-hetero) is 1. The average Bonchev–Trinajstić information content (AvgIpc) is 1.63. The van der Waals surface area contributed by atoms with E-state index in [-0.39, 0.29) is 38.5 Å². The fourth-order valence-corrected chi connectivity index (χ4v) is 0.568. The zero-order valence-corrected chi connectivity index (χ0v) is 9.74. The number of rotatable bonds is 3. The predicted octanol–water partition coefficient (Wildman–Crippen LogP) is 2.12. The minimum Gasteiger partial charge on any atom is -0.428 e. The molecule has 10 heavy (non-hydrogen) atoms. The van der Waals surface area contributed by atoms with Crippen LogP contribution in [0.3, 0.4) is 0 Å². The summed E-state index contributed by atoms with van der Waals surface area (Å²) in [5.74, 6) is 0.123. The number of ketones is 1. The zero-order valence-electron chi connectivity index (χ0n) is 6.90. The summed E-state index contributed by atoms with van der Waals surface area (Å²) in [5, 5.41) is 0. The van der Waals surface area contributed by atoms with Gasteiger partial charge >= 0.3 is 0 Å². The largest absolute Gasteiger partial charge is 0.428 e. The Bertz CT molecular complexity index is 123. The third-order valence-corrected chi connectivity index (χ3v) is 0.866. The Kier molecular flexibility index (Phi) is 10.0. The van der Waals surface area contributed by atoms with Gasteiger partial charge in [0, 0.05) is 32.7 Å². The number of allylic oxidation sites excluding steroid dienone is 2. The molecule has 0 N–H and O–H groups in total. The second kappa shape index (κ2) is 7.62. The molecule has 1 radical (unpaired) electrons. The van der Waals surface area contributed by atoms with E-state index in [2.05, 4.69) is 6.08 Å². The van der Waals surface area contributed by atoms with Crippen molar-refractivity contribution in [3.05, 3.63) is 11.6 Å². The minimum absolute atomic E-state index is 0. The number of hydrogen-bond donors (Lipinski definition) is 0. The molecule has 0 unspecified atom stereocenters. The van der Waals surface area contributed by atoms with Gasteiger partial charge < -0.3 is 10.9 Å². The summed E-state index contributed by atoms with van der Waals surface area (Å²) in [7, 11) is 0. The molecule has 0 aliphatic carbocycles. The van der Waals surface area contributed by atoms with E-state index in [1.807, 2.05) is 20.8 Å². The first-order chi connectivity index (χ1) is 4.16. The van der Waals surface area contributed by atoms with Gasteiger partial charge in [-0.1, -0.05) is 27.2 Å². The molecule has 0 rings (SSSR count). The summed E-state index contributed by atoms with van der Waals surface area (Å²) in [4.78, 5) is 10.7. The van der Waals surface area contributed by atoms with Crippen molar-refractivity contribution in [1.29, 1.82) is 0 Å². The molecule has 0 aliphatic rings. The molecule has 0 aromatic rings. The van der Waals surface area contributed by atoms with Crippen LogP contribution in [0.4, 0.5) is 0 Å². The van der Waals surface area contributed by atoms with Crippen LogP contribution < -0.4 is 0 Å². The summed E-state index contributed by atoms with van der Waals surface area (Å²) in [6, 6.07) is 0. The molecule has 1 nitrogen and oxygen atoms in total. The molecular weight excluding hydrogens is 201 g/mol. The van der Waals surface area contributed by atoms with Crippen LogP contribution in [-0.2, 0) is 37.5 Å². The van der Waals surface area contributed by atoms with Crippen LogP contribution in [0, 0.1) is 6.08 Å². The third kappa shape index (κ3) is 8.51. The average molecular weight is 214 g/mol. The number of carbonyl (C=O) groups excluding carboxylic acids is 1. The Balaban J connectivity index is 0. The minimum atomic E-state index is 0. The van der Waals surface area contributed by atoms with E-state index in [1.54, 1.807) is 0 Å². The molecule has 0 aromatic carbocycles. The first kappa shape index (κ1) is 13.1. The van der Waals surface area contributed by atoms with E-state index in [1.165, 1.54) is 0 Å². The van der Waals surface area contributed by atoms with Gasteiger partial charge in [0.1, 0.15) is 0 Å². The first-order valence-electron chi connectivity index (χ1n) is 3.26. The van der Waals surface area contributed by atoms with Crippen molar-refractivity contribution in [2.75, 3.05) is 0 Å². The number of carbonyl (C=O) groups is 1. The Morgan fingerprint density at radius 1 is 1.40 bits per heavy atom. The molecule has 0 fully saturated rings. The van der Waals surface area contributed by atoms with Crippen LogP contribution in [0.2, 0.25) is 0 Å². The summed E-state index contributed by atoms with van der Waals surface area (Å²) in [6.07, 6.45) is 4.27. The van der Waals surface area contributed by atoms with Gasteiger partial charge in [0.2, 0.25) is 0 Å². The molecule has 0 saturated heterocycles. The second-order valence-corrected chi connectivity index (χ2v) is 2.30. The van der Waals surface area contributed by atoms with Gasteiger partial charge in [0.15, 0.2) is 0 Å². The van der Waals surface area contributed by atoms with Crippen molar-refractivity contribution < 1.29 is 37.5 Å². The van der Waals surface area contributed by atoms with Crippen molar-refractivity contribution in [2.24, 2.45) is 0 Å². The van der Waals surface area contributed by atoms with Crippen LogP contribution in [0.1, 0.15) is 33.6 Å². The fraction of sp³-hybridized carbons (Fsp3) is 0.625. The summed E-state index contributed by atoms with van der Waals surface area (Å²) >= 11 is 0. The summed E-state index contributed by atoms with van der Waals surface area (Å²) in [6.45, 7) is 5.76. The molecule has 0 saturated carbocycles. The van der Waals surface area contributed by atoms with Gasteiger partial charge in [-0.15, -0.1) is 0 Å². The molecule has 0 aliphatic heterocycles. The quantitative estimate of drug-likeness (QED) is 0.519. The smallest absolute Gasteiger partial charge is 0 e. The molecule has 0 aromatic heterocycles. The van der Waals surface area contributed by atoms with Crippen LogP contribution in [0.25, 0.3) is 0 Å². The molecule has 55 valence electrons. The van der Waals surface area contributed by atoms with Crippen molar-refractivity contribution >= 4 is 5.78 Å². The summed E-state index contributed by atoms with van der Waals surface area (Å²) in [5.41, 5.74) is 0.966. The van der Waals surface area contributed by atoms with Gasteiger partial charge in [-0.05, 0) is 12.2 Å². The van der Waals surface area contributed by atoms with Gasteiger partial charge in [0.25, 0.3) is 0 Å². The van der Waals surface area contributed by atoms with Crippen molar-refractivity contribution in [3.8, 4) is 0 Å². The van der Waals surface area contributed by atoms with E-state index in [0.717, 1.165) is 12.0 Å². The maximum atomic E-state index is 10.7. The Morgan fingerprint density at radius 2 is 1.90 bits per heavy atom. The van der Waals surface area contributed by atoms with Crippen LogP contribution in [0.15, 0.2) is 5.57 Å². The normalized spacial score (nSPS) is 7.90. The maximum absolute atomic E-state index is 10.7. The predicted molar refractivity (Wildman–Crippen MR) is 38.0 cm³/mol. The zero-order chi connectivity index (χ0) is 7.28. The number of hydrogen-bond acceptors (Lipinski definition) is 1. The monoisotopic (exact) mass is 214 g/mol. The van der Waals surface area contributed by atoms with Crippen LogP contribution in [-0.4, -0.2) is 5.78 Å². The SMILES string of the molecule is CCCC(=O)[C-]=C(C)C.[Y]. The van der Waals surface area contributed by atoms with Gasteiger partial charge in [0.05, 0.1) is 0 Å². The topological polar surface area (TPSA) is 17.1 Å². The van der Waals surface area contributed by atoms with E-state index in [4.69, 9.17) is 0 Å². The van der Waals surface area contributed by atoms with E-state index in [9.17, 15) is 4.79 Å². The molecule has 0 amide bonds. The van der Waals surface area contributed by atoms with Crippen molar-refractivity contribution in [3.63, 3.8) is 0 Å². The maximum Gasteiger partial charge on any atom is 0 e. The Labute approximate surface area is 88.1 Å². The Morgan fingerprint density at radius 3 is 2.20 bits per heavy atom. The van der Waals surface area contributed by atoms with E-state index < -0.39 is 0 Å². The van der Waals surface area contributed by atoms with Crippen molar-refractivity contribution in [1.82, 2.24) is 0 Å². The van der Waals surface area contributed by atoms with Gasteiger partial charge in [-0.25, -0.2) is 0 Å². The van der Waals surface area contributed by atoms with Gasteiger partial charge in [-0.2, -0.15) is 0 Å². The van der Waals surface area contributed by atoms with E-state index in [0.29, 0.717) is 6.42 Å². The van der Waals surface area contributed by atoms with Crippen LogP contribution in [0.5, 0.6) is 0 Å². The molecule has 0 atom stereocenters. The molecular formula is C8H13OY-. The molecule has 2 heteroatoms. The van der Waals surface area contributed by atoms with E-state index >= 15 is 0 Å². The second-order valence-electron chi connectivity index (χ2n) is 2.30. The first-order valence-corrected chi connectivity index (χ1v) is 3.26. The molecule has 0 spiro atoms. The fourth-order valence-electron chi connectivity index (χ4n) is 0.568. The molecule has 0 heterocycles. The Hall–Kier alpha value is 0.514. The summed E-state index contributed by atoms with van der Waals surface area (Å²) < 4.78 is 0.